The molecule has 0 heterocycles. The molecule has 0 radical (unpaired) electrons. The fourth-order valence-electron chi connectivity index (χ4n) is 2.25. The second-order valence-electron chi connectivity index (χ2n) is 4.95. The lowest BCUT2D eigenvalue weighted by Crippen LogP contribution is -2.23. The van der Waals surface area contributed by atoms with Gasteiger partial charge < -0.3 is 14.6 Å². The predicted molar refractivity (Wildman–Crippen MR) is 71.1 cm³/mol. The van der Waals surface area contributed by atoms with Gasteiger partial charge in [0.25, 0.3) is 0 Å². The van der Waals surface area contributed by atoms with Crippen molar-refractivity contribution in [2.24, 2.45) is 5.92 Å². The van der Waals surface area contributed by atoms with E-state index in [2.05, 4.69) is 0 Å². The molecule has 1 aliphatic carbocycles. The fraction of sp³-hybridized carbons (Fsp3) is 0.600. The molecule has 1 aliphatic rings. The summed E-state index contributed by atoms with van der Waals surface area (Å²) in [7, 11) is 0. The zero-order chi connectivity index (χ0) is 13.2. The van der Waals surface area contributed by atoms with Gasteiger partial charge >= 0.3 is 0 Å². The van der Waals surface area contributed by atoms with Crippen molar-refractivity contribution in [3.63, 3.8) is 0 Å². The van der Waals surface area contributed by atoms with E-state index in [0.29, 0.717) is 19.1 Å². The molecule has 2 rings (SSSR count). The van der Waals surface area contributed by atoms with Crippen LogP contribution in [0.25, 0.3) is 0 Å². The van der Waals surface area contributed by atoms with E-state index in [9.17, 15) is 5.11 Å². The van der Waals surface area contributed by atoms with Gasteiger partial charge in [-0.25, -0.2) is 0 Å². The van der Waals surface area contributed by atoms with E-state index in [1.807, 2.05) is 39.0 Å². The molecule has 0 bridgehead atoms. The van der Waals surface area contributed by atoms with Crippen molar-refractivity contribution in [1.29, 1.82) is 0 Å². The molecule has 1 unspecified atom stereocenters. The molecule has 0 aromatic heterocycles. The van der Waals surface area contributed by atoms with Gasteiger partial charge in [-0.2, -0.15) is 0 Å². The number of hydrogen-bond acceptors (Lipinski definition) is 3. The molecule has 18 heavy (non-hydrogen) atoms. The lowest BCUT2D eigenvalue weighted by atomic mass is 9.91. The maximum absolute atomic E-state index is 10.5. The molecular weight excluding hydrogens is 228 g/mol. The Labute approximate surface area is 109 Å². The minimum Gasteiger partial charge on any atom is -0.490 e. The van der Waals surface area contributed by atoms with E-state index >= 15 is 0 Å². The van der Waals surface area contributed by atoms with E-state index in [1.165, 1.54) is 0 Å². The maximum Gasteiger partial charge on any atom is 0.161 e. The van der Waals surface area contributed by atoms with Gasteiger partial charge in [0.05, 0.1) is 18.8 Å². The fourth-order valence-corrected chi connectivity index (χ4v) is 2.25. The van der Waals surface area contributed by atoms with Crippen LogP contribution in [0.3, 0.4) is 0 Å². The summed E-state index contributed by atoms with van der Waals surface area (Å²) in [6.45, 7) is 6.98. The zero-order valence-corrected chi connectivity index (χ0v) is 11.4. The van der Waals surface area contributed by atoms with Gasteiger partial charge in [0.2, 0.25) is 0 Å². The highest BCUT2D eigenvalue weighted by atomic mass is 16.5. The van der Waals surface area contributed by atoms with Gasteiger partial charge in [0, 0.05) is 0 Å². The molecule has 0 saturated heterocycles. The average molecular weight is 250 g/mol. The van der Waals surface area contributed by atoms with Gasteiger partial charge in [-0.05, 0) is 57.2 Å². The van der Waals surface area contributed by atoms with Crippen molar-refractivity contribution in [2.45, 2.75) is 39.2 Å². The standard InChI is InChI=1S/C15H22O3/c1-4-17-13-9-8-12(10-14(13)18-5-2)15(3,16)11-6-7-11/h8-11,16H,4-7H2,1-3H3. The Kier molecular flexibility index (Phi) is 3.81. The molecule has 3 nitrogen and oxygen atoms in total. The SMILES string of the molecule is CCOc1ccc(C(C)(O)C2CC2)cc1OCC. The third kappa shape index (κ3) is 2.61. The zero-order valence-electron chi connectivity index (χ0n) is 11.4. The molecule has 100 valence electrons. The molecule has 0 spiro atoms. The second-order valence-corrected chi connectivity index (χ2v) is 4.95. The highest BCUT2D eigenvalue weighted by molar-refractivity contribution is 5.45. The monoisotopic (exact) mass is 250 g/mol. The molecule has 0 aliphatic heterocycles. The first-order valence-electron chi connectivity index (χ1n) is 6.72. The summed E-state index contributed by atoms with van der Waals surface area (Å²) in [6.07, 6.45) is 2.20. The lowest BCUT2D eigenvalue weighted by molar-refractivity contribution is 0.0327. The number of benzene rings is 1. The topological polar surface area (TPSA) is 38.7 Å². The van der Waals surface area contributed by atoms with Crippen LogP contribution in [0.4, 0.5) is 0 Å². The number of rotatable bonds is 6. The summed E-state index contributed by atoms with van der Waals surface area (Å²) in [6, 6.07) is 5.74. The van der Waals surface area contributed by atoms with E-state index in [1.54, 1.807) is 0 Å². The van der Waals surface area contributed by atoms with Gasteiger partial charge in [-0.1, -0.05) is 6.07 Å². The summed E-state index contributed by atoms with van der Waals surface area (Å²) in [5.41, 5.74) is 0.160. The molecular formula is C15H22O3. The minimum atomic E-state index is -0.753. The van der Waals surface area contributed by atoms with Crippen LogP contribution in [0.5, 0.6) is 11.5 Å². The van der Waals surface area contributed by atoms with Crippen LogP contribution in [0.1, 0.15) is 39.2 Å². The van der Waals surface area contributed by atoms with Crippen LogP contribution >= 0.6 is 0 Å². The molecule has 1 fully saturated rings. The summed E-state index contributed by atoms with van der Waals surface area (Å²) in [4.78, 5) is 0. The molecule has 1 aromatic carbocycles. The Morgan fingerprint density at radius 2 is 1.78 bits per heavy atom. The third-order valence-corrected chi connectivity index (χ3v) is 3.50. The summed E-state index contributed by atoms with van der Waals surface area (Å²) < 4.78 is 11.1. The van der Waals surface area contributed by atoms with Crippen LogP contribution in [-0.4, -0.2) is 18.3 Å². The van der Waals surface area contributed by atoms with Crippen LogP contribution in [0.15, 0.2) is 18.2 Å². The van der Waals surface area contributed by atoms with Crippen LogP contribution < -0.4 is 9.47 Å². The van der Waals surface area contributed by atoms with Crippen molar-refractivity contribution in [1.82, 2.24) is 0 Å². The Morgan fingerprint density at radius 3 is 2.33 bits per heavy atom. The number of ether oxygens (including phenoxy) is 2. The van der Waals surface area contributed by atoms with Crippen molar-refractivity contribution in [3.8, 4) is 11.5 Å². The third-order valence-electron chi connectivity index (χ3n) is 3.50. The molecule has 1 aromatic rings. The van der Waals surface area contributed by atoms with Crippen molar-refractivity contribution < 1.29 is 14.6 Å². The highest BCUT2D eigenvalue weighted by Crippen LogP contribution is 2.46. The first-order chi connectivity index (χ1) is 8.59. The van der Waals surface area contributed by atoms with E-state index < -0.39 is 5.60 Å². The molecule has 1 atom stereocenters. The highest BCUT2D eigenvalue weighted by Gasteiger charge is 2.41. The minimum absolute atomic E-state index is 0.380. The Balaban J connectivity index is 2.29. The first-order valence-corrected chi connectivity index (χ1v) is 6.72. The van der Waals surface area contributed by atoms with E-state index in [0.717, 1.165) is 29.9 Å². The molecule has 1 saturated carbocycles. The van der Waals surface area contributed by atoms with Gasteiger partial charge in [-0.3, -0.25) is 0 Å². The number of hydrogen-bond donors (Lipinski definition) is 1. The molecule has 3 heteroatoms. The normalized spacial score (nSPS) is 18.2. The molecule has 1 N–H and O–H groups in total. The van der Waals surface area contributed by atoms with Crippen molar-refractivity contribution in [2.75, 3.05) is 13.2 Å². The Bertz CT molecular complexity index is 408. The Morgan fingerprint density at radius 1 is 1.17 bits per heavy atom. The average Bonchev–Trinajstić information content (AvgIpc) is 3.16. The summed E-state index contributed by atoms with van der Waals surface area (Å²) in [5, 5.41) is 10.5. The van der Waals surface area contributed by atoms with Crippen LogP contribution in [-0.2, 0) is 5.60 Å². The largest absolute Gasteiger partial charge is 0.490 e. The first kappa shape index (κ1) is 13.2. The Hall–Kier alpha value is -1.22. The van der Waals surface area contributed by atoms with Gasteiger partial charge in [0.1, 0.15) is 0 Å². The second kappa shape index (κ2) is 5.19. The van der Waals surface area contributed by atoms with E-state index in [-0.39, 0.29) is 0 Å². The molecule has 0 amide bonds. The quantitative estimate of drug-likeness (QED) is 0.843. The summed E-state index contributed by atoms with van der Waals surface area (Å²) >= 11 is 0. The lowest BCUT2D eigenvalue weighted by Gasteiger charge is -2.24. The van der Waals surface area contributed by atoms with Gasteiger partial charge in [-0.15, -0.1) is 0 Å². The van der Waals surface area contributed by atoms with Crippen molar-refractivity contribution >= 4 is 0 Å². The predicted octanol–water partition coefficient (Wildman–Crippen LogP) is 3.10. The van der Waals surface area contributed by atoms with Crippen LogP contribution in [0.2, 0.25) is 0 Å². The number of aliphatic hydroxyl groups is 1. The van der Waals surface area contributed by atoms with Crippen molar-refractivity contribution in [3.05, 3.63) is 23.8 Å². The summed E-state index contributed by atoms with van der Waals surface area (Å²) in [5.74, 6) is 1.84. The van der Waals surface area contributed by atoms with Gasteiger partial charge in [0.15, 0.2) is 11.5 Å². The van der Waals surface area contributed by atoms with Crippen LogP contribution in [0, 0.1) is 5.92 Å². The maximum atomic E-state index is 10.5. The smallest absolute Gasteiger partial charge is 0.161 e. The van der Waals surface area contributed by atoms with E-state index in [4.69, 9.17) is 9.47 Å².